The molecule has 0 aliphatic heterocycles. The number of para-hydroxylation sites is 2. The number of hydrogen-bond acceptors (Lipinski definition) is 3. The number of benzene rings is 2. The van der Waals surface area contributed by atoms with Crippen molar-refractivity contribution in [2.24, 2.45) is 9.98 Å². The Kier molecular flexibility index (Phi) is 9.91. The molecule has 0 fully saturated rings. The van der Waals surface area contributed by atoms with Crippen molar-refractivity contribution in [3.05, 3.63) is 83.3 Å². The van der Waals surface area contributed by atoms with Gasteiger partial charge in [-0.2, -0.15) is 0 Å². The molecule has 0 bridgehead atoms. The van der Waals surface area contributed by atoms with Gasteiger partial charge in [0.2, 0.25) is 0 Å². The average molecular weight is 640 g/mol. The van der Waals surface area contributed by atoms with E-state index in [9.17, 15) is 0 Å². The molecule has 0 saturated carbocycles. The van der Waals surface area contributed by atoms with E-state index in [0.29, 0.717) is 0 Å². The Bertz CT molecular complexity index is 904. The second-order valence-electron chi connectivity index (χ2n) is 6.18. The monoisotopic (exact) mass is 640 g/mol. The van der Waals surface area contributed by atoms with Crippen LogP contribution in [0.25, 0.3) is 0 Å². The van der Waals surface area contributed by atoms with Crippen LogP contribution >= 0.6 is 40.7 Å². The molecule has 148 valence electrons. The average Bonchev–Trinajstić information content (AvgIpc) is 3.17. The molecule has 3 nitrogen and oxygen atoms in total. The predicted molar refractivity (Wildman–Crippen MR) is 133 cm³/mol. The number of hydrogen-bond donors (Lipinski definition) is 0. The molecule has 3 aromatic rings. The van der Waals surface area contributed by atoms with Gasteiger partial charge in [-0.15, -0.1) is 0 Å². The van der Waals surface area contributed by atoms with Crippen molar-refractivity contribution in [3.63, 3.8) is 0 Å². The Morgan fingerprint density at radius 2 is 1.07 bits per heavy atom. The first-order valence-corrected chi connectivity index (χ1v) is 15.8. The summed E-state index contributed by atoms with van der Waals surface area (Å²) in [4.78, 5) is 9.37. The van der Waals surface area contributed by atoms with Gasteiger partial charge in [0.1, 0.15) is 11.5 Å². The molecular weight excluding hydrogens is 618 g/mol. The van der Waals surface area contributed by atoms with Crippen LogP contribution in [0.4, 0.5) is 11.4 Å². The van der Waals surface area contributed by atoms with Gasteiger partial charge < -0.3 is 4.42 Å². The molecule has 0 atom stereocenters. The summed E-state index contributed by atoms with van der Waals surface area (Å²) in [5, 5.41) is 0. The van der Waals surface area contributed by atoms with Gasteiger partial charge in [0.15, 0.2) is 0 Å². The summed E-state index contributed by atoms with van der Waals surface area (Å²) in [6, 6.07) is 20.0. The van der Waals surface area contributed by atoms with Crippen LogP contribution in [0.3, 0.4) is 0 Å². The van der Waals surface area contributed by atoms with Crippen LogP contribution in [0.5, 0.6) is 0 Å². The molecule has 0 unspecified atom stereocenters. The van der Waals surface area contributed by atoms with Crippen LogP contribution in [0.2, 0.25) is 0 Å². The van der Waals surface area contributed by atoms with E-state index in [0.717, 1.165) is 45.4 Å². The first-order valence-electron chi connectivity index (χ1n) is 8.64. The summed E-state index contributed by atoms with van der Waals surface area (Å²) in [5.74, 6) is 1.52. The van der Waals surface area contributed by atoms with Crippen LogP contribution in [0.1, 0.15) is 36.5 Å². The fourth-order valence-corrected chi connectivity index (χ4v) is 2.58. The SMILES string of the molecule is CC(=Nc1ccccc1C)c1ccc(C(C)=Nc2ccccc2C)o1.[I][Fe][I]. The number of rotatable bonds is 4. The van der Waals surface area contributed by atoms with Crippen LogP contribution in [-0.4, -0.2) is 11.4 Å². The van der Waals surface area contributed by atoms with E-state index in [1.165, 1.54) is 8.46 Å². The zero-order chi connectivity index (χ0) is 20.5. The Morgan fingerprint density at radius 3 is 1.43 bits per heavy atom. The minimum atomic E-state index is 0.762. The molecule has 0 N–H and O–H groups in total. The number of halogens is 2. The quantitative estimate of drug-likeness (QED) is 0.162. The molecule has 2 aromatic carbocycles. The van der Waals surface area contributed by atoms with Crippen LogP contribution in [-0.2, 0) is 8.46 Å². The van der Waals surface area contributed by atoms with Gasteiger partial charge in [-0.05, 0) is 63.1 Å². The maximum atomic E-state index is 5.97. The molecule has 0 radical (unpaired) electrons. The minimum absolute atomic E-state index is 0.762. The van der Waals surface area contributed by atoms with Crippen molar-refractivity contribution in [2.45, 2.75) is 27.7 Å². The van der Waals surface area contributed by atoms with Crippen molar-refractivity contribution in [1.82, 2.24) is 0 Å². The van der Waals surface area contributed by atoms with Gasteiger partial charge in [0, 0.05) is 0 Å². The van der Waals surface area contributed by atoms with E-state index < -0.39 is 0 Å². The Balaban J connectivity index is 0.000000878. The number of aliphatic imine (C=N–C) groups is 2. The third kappa shape index (κ3) is 6.83. The van der Waals surface area contributed by atoms with Crippen molar-refractivity contribution < 1.29 is 12.9 Å². The predicted octanol–water partition coefficient (Wildman–Crippen LogP) is 7.95. The number of furan rings is 1. The molecule has 1 heterocycles. The standard InChI is InChI=1S/C22H22N2O.Fe.2HI/c1-15-9-5-7-11-19(15)23-17(3)21-13-14-22(25-21)18(4)24-20-12-8-6-10-16(20)2;;;/h5-14H,1-4H3;;2*1H/q;+2;;/p-2. The van der Waals surface area contributed by atoms with E-state index in [1.54, 1.807) is 0 Å². The van der Waals surface area contributed by atoms with Crippen molar-refractivity contribution in [3.8, 4) is 0 Å². The summed E-state index contributed by atoms with van der Waals surface area (Å²) >= 11 is 4.55. The van der Waals surface area contributed by atoms with Crippen LogP contribution < -0.4 is 0 Å². The van der Waals surface area contributed by atoms with Gasteiger partial charge >= 0.3 is 49.1 Å². The third-order valence-electron chi connectivity index (χ3n) is 4.13. The molecular formula is C22H22FeI2N2O. The molecule has 0 amide bonds. The molecule has 0 saturated heterocycles. The van der Waals surface area contributed by atoms with E-state index in [1.807, 2.05) is 62.4 Å². The summed E-state index contributed by atoms with van der Waals surface area (Å²) in [6.45, 7) is 8.03. The number of aryl methyl sites for hydroxylation is 2. The van der Waals surface area contributed by atoms with Crippen molar-refractivity contribution >= 4 is 63.5 Å². The molecule has 6 heteroatoms. The molecule has 0 aliphatic rings. The van der Waals surface area contributed by atoms with Gasteiger partial charge in [0.05, 0.1) is 22.8 Å². The van der Waals surface area contributed by atoms with Gasteiger partial charge in [-0.25, -0.2) is 9.98 Å². The summed E-state index contributed by atoms with van der Waals surface area (Å²) in [7, 11) is 1.19. The fourth-order valence-electron chi connectivity index (χ4n) is 2.58. The van der Waals surface area contributed by atoms with Gasteiger partial charge in [-0.1, -0.05) is 36.4 Å². The Hall–Kier alpha value is -0.961. The van der Waals surface area contributed by atoms with E-state index in [2.05, 4.69) is 76.7 Å². The molecule has 3 rings (SSSR count). The van der Waals surface area contributed by atoms with Crippen LogP contribution in [0, 0.1) is 13.8 Å². The normalized spacial score (nSPS) is 11.9. The van der Waals surface area contributed by atoms with E-state index in [-0.39, 0.29) is 0 Å². The molecule has 1 aromatic heterocycles. The number of nitrogens with zero attached hydrogens (tertiary/aromatic N) is 2. The summed E-state index contributed by atoms with van der Waals surface area (Å²) < 4.78 is 5.97. The second-order valence-corrected chi connectivity index (χ2v) is 15.5. The third-order valence-corrected chi connectivity index (χ3v) is 4.13. The summed E-state index contributed by atoms with van der Waals surface area (Å²) in [5.41, 5.74) is 5.91. The first-order chi connectivity index (χ1) is 13.5. The second kappa shape index (κ2) is 11.9. The van der Waals surface area contributed by atoms with Crippen molar-refractivity contribution in [2.75, 3.05) is 0 Å². The molecule has 0 aliphatic carbocycles. The maximum absolute atomic E-state index is 5.97. The summed E-state index contributed by atoms with van der Waals surface area (Å²) in [6.07, 6.45) is 0. The zero-order valence-electron chi connectivity index (χ0n) is 16.2. The van der Waals surface area contributed by atoms with Gasteiger partial charge in [0.25, 0.3) is 0 Å². The molecule has 28 heavy (non-hydrogen) atoms. The topological polar surface area (TPSA) is 37.9 Å². The first kappa shape index (κ1) is 23.3. The zero-order valence-corrected chi connectivity index (χ0v) is 21.6. The van der Waals surface area contributed by atoms with Gasteiger partial charge in [-0.3, -0.25) is 0 Å². The Morgan fingerprint density at radius 1 is 0.714 bits per heavy atom. The van der Waals surface area contributed by atoms with E-state index in [4.69, 9.17) is 4.42 Å². The fraction of sp³-hybridized carbons (Fsp3) is 0.182. The molecule has 0 spiro atoms. The van der Waals surface area contributed by atoms with E-state index >= 15 is 0 Å². The van der Waals surface area contributed by atoms with Crippen molar-refractivity contribution in [1.29, 1.82) is 0 Å². The Labute approximate surface area is 195 Å². The van der Waals surface area contributed by atoms with Crippen LogP contribution in [0.15, 0.2) is 75.1 Å².